The Morgan fingerprint density at radius 2 is 1.96 bits per heavy atom. The van der Waals surface area contributed by atoms with E-state index in [0.29, 0.717) is 0 Å². The lowest BCUT2D eigenvalue weighted by Gasteiger charge is -2.38. The first-order valence-electron chi connectivity index (χ1n) is 8.53. The summed E-state index contributed by atoms with van der Waals surface area (Å²) in [6.07, 6.45) is 2.03. The number of hydrogen-bond acceptors (Lipinski definition) is 3. The zero-order chi connectivity index (χ0) is 17.5. The van der Waals surface area contributed by atoms with Crippen molar-refractivity contribution in [2.75, 3.05) is 26.8 Å². The van der Waals surface area contributed by atoms with Gasteiger partial charge in [0.15, 0.2) is 5.96 Å². The van der Waals surface area contributed by atoms with Gasteiger partial charge in [0, 0.05) is 41.6 Å². The van der Waals surface area contributed by atoms with Crippen molar-refractivity contribution in [2.45, 2.75) is 24.8 Å². The summed E-state index contributed by atoms with van der Waals surface area (Å²) in [4.78, 5) is 5.67. The zero-order valence-corrected chi connectivity index (χ0v) is 16.8. The molecular formula is C19H24BrN3OS. The predicted molar refractivity (Wildman–Crippen MR) is 108 cm³/mol. The molecule has 1 saturated heterocycles. The Morgan fingerprint density at radius 3 is 2.60 bits per heavy atom. The van der Waals surface area contributed by atoms with Crippen molar-refractivity contribution >= 4 is 33.2 Å². The minimum Gasteiger partial charge on any atom is -0.381 e. The maximum atomic E-state index is 5.62. The first-order chi connectivity index (χ1) is 12.2. The van der Waals surface area contributed by atoms with E-state index in [2.05, 4.69) is 73.3 Å². The van der Waals surface area contributed by atoms with Gasteiger partial charge in [-0.05, 0) is 42.0 Å². The molecule has 1 aromatic carbocycles. The quantitative estimate of drug-likeness (QED) is 0.567. The van der Waals surface area contributed by atoms with Gasteiger partial charge in [0.05, 0.1) is 6.54 Å². The fraction of sp³-hybridized carbons (Fsp3) is 0.421. The largest absolute Gasteiger partial charge is 0.381 e. The molecule has 2 heterocycles. The molecule has 1 aromatic heterocycles. The molecular weight excluding hydrogens is 398 g/mol. The Hall–Kier alpha value is -1.37. The number of ether oxygens (including phenoxy) is 1. The summed E-state index contributed by atoms with van der Waals surface area (Å²) in [6, 6.07) is 12.9. The van der Waals surface area contributed by atoms with Gasteiger partial charge in [-0.1, -0.05) is 34.1 Å². The summed E-state index contributed by atoms with van der Waals surface area (Å²) in [5.41, 5.74) is 1.44. The van der Waals surface area contributed by atoms with E-state index in [1.807, 2.05) is 7.05 Å². The van der Waals surface area contributed by atoms with Crippen molar-refractivity contribution < 1.29 is 4.74 Å². The summed E-state index contributed by atoms with van der Waals surface area (Å²) in [5.74, 6) is 0.844. The maximum Gasteiger partial charge on any atom is 0.191 e. The van der Waals surface area contributed by atoms with Gasteiger partial charge >= 0.3 is 0 Å². The molecule has 134 valence electrons. The van der Waals surface area contributed by atoms with Crippen LogP contribution in [0.5, 0.6) is 0 Å². The van der Waals surface area contributed by atoms with Crippen LogP contribution in [0.3, 0.4) is 0 Å². The number of aliphatic imine (C=N–C) groups is 1. The van der Waals surface area contributed by atoms with Gasteiger partial charge in [-0.3, -0.25) is 4.99 Å². The van der Waals surface area contributed by atoms with Crippen LogP contribution in [0.4, 0.5) is 0 Å². The maximum absolute atomic E-state index is 5.62. The van der Waals surface area contributed by atoms with Crippen LogP contribution in [0.1, 0.15) is 23.3 Å². The number of halogens is 1. The molecule has 1 aliphatic rings. The van der Waals surface area contributed by atoms with Crippen LogP contribution in [0.2, 0.25) is 0 Å². The Kier molecular flexibility index (Phi) is 6.51. The summed E-state index contributed by atoms with van der Waals surface area (Å²) in [7, 11) is 1.82. The minimum atomic E-state index is 0.0828. The van der Waals surface area contributed by atoms with E-state index in [1.54, 1.807) is 11.3 Å². The monoisotopic (exact) mass is 421 g/mol. The average Bonchev–Trinajstić information content (AvgIpc) is 3.17. The molecule has 0 atom stereocenters. The molecule has 0 spiro atoms. The summed E-state index contributed by atoms with van der Waals surface area (Å²) in [6.45, 7) is 3.26. The molecule has 2 N–H and O–H groups in total. The van der Waals surface area contributed by atoms with E-state index in [4.69, 9.17) is 4.74 Å². The van der Waals surface area contributed by atoms with Crippen molar-refractivity contribution in [3.8, 4) is 0 Å². The Bertz CT molecular complexity index is 679. The van der Waals surface area contributed by atoms with Crippen LogP contribution >= 0.6 is 27.3 Å². The number of hydrogen-bond donors (Lipinski definition) is 2. The number of nitrogens with zero attached hydrogens (tertiary/aromatic N) is 1. The molecule has 3 rings (SSSR count). The topological polar surface area (TPSA) is 45.7 Å². The van der Waals surface area contributed by atoms with E-state index in [9.17, 15) is 0 Å². The van der Waals surface area contributed by atoms with Crippen molar-refractivity contribution in [3.05, 3.63) is 56.7 Å². The zero-order valence-electron chi connectivity index (χ0n) is 14.4. The lowest BCUT2D eigenvalue weighted by atomic mass is 9.74. The molecule has 6 heteroatoms. The van der Waals surface area contributed by atoms with Gasteiger partial charge in [-0.15, -0.1) is 11.3 Å². The summed E-state index contributed by atoms with van der Waals surface area (Å²) >= 11 is 5.28. The highest BCUT2D eigenvalue weighted by molar-refractivity contribution is 9.10. The lowest BCUT2D eigenvalue weighted by Crippen LogP contribution is -2.47. The van der Waals surface area contributed by atoms with E-state index in [0.717, 1.165) is 49.6 Å². The lowest BCUT2D eigenvalue weighted by molar-refractivity contribution is 0.0514. The van der Waals surface area contributed by atoms with Crippen molar-refractivity contribution in [1.29, 1.82) is 0 Å². The van der Waals surface area contributed by atoms with Crippen molar-refractivity contribution in [3.63, 3.8) is 0 Å². The molecule has 1 aliphatic heterocycles. The van der Waals surface area contributed by atoms with Gasteiger partial charge < -0.3 is 15.4 Å². The molecule has 2 aromatic rings. The van der Waals surface area contributed by atoms with Crippen LogP contribution in [0.25, 0.3) is 0 Å². The molecule has 1 fully saturated rings. The van der Waals surface area contributed by atoms with Crippen LogP contribution in [0.15, 0.2) is 51.2 Å². The number of benzene rings is 1. The summed E-state index contributed by atoms with van der Waals surface area (Å²) < 4.78 is 6.73. The normalized spacial score (nSPS) is 17.3. The number of guanidine groups is 1. The van der Waals surface area contributed by atoms with Gasteiger partial charge in [-0.25, -0.2) is 0 Å². The van der Waals surface area contributed by atoms with E-state index in [1.165, 1.54) is 10.4 Å². The minimum absolute atomic E-state index is 0.0828. The van der Waals surface area contributed by atoms with Crippen LogP contribution in [0, 0.1) is 0 Å². The Balaban J connectivity index is 1.66. The highest BCUT2D eigenvalue weighted by atomic mass is 79.9. The van der Waals surface area contributed by atoms with E-state index >= 15 is 0 Å². The van der Waals surface area contributed by atoms with Crippen LogP contribution in [-0.2, 0) is 16.7 Å². The smallest absolute Gasteiger partial charge is 0.191 e. The average molecular weight is 422 g/mol. The van der Waals surface area contributed by atoms with Gasteiger partial charge in [0.2, 0.25) is 0 Å². The first kappa shape index (κ1) is 18.4. The summed E-state index contributed by atoms with van der Waals surface area (Å²) in [5, 5.41) is 9.03. The number of rotatable bonds is 5. The van der Waals surface area contributed by atoms with Gasteiger partial charge in [-0.2, -0.15) is 0 Å². The fourth-order valence-electron chi connectivity index (χ4n) is 3.19. The molecule has 0 radical (unpaired) electrons. The molecule has 4 nitrogen and oxygen atoms in total. The van der Waals surface area contributed by atoms with E-state index < -0.39 is 0 Å². The highest BCUT2D eigenvalue weighted by Crippen LogP contribution is 2.34. The molecule has 0 unspecified atom stereocenters. The second kappa shape index (κ2) is 8.83. The molecule has 0 saturated carbocycles. The third-order valence-electron chi connectivity index (χ3n) is 4.73. The third-order valence-corrected chi connectivity index (χ3v) is 6.14. The Labute approximate surface area is 161 Å². The van der Waals surface area contributed by atoms with Crippen LogP contribution < -0.4 is 10.6 Å². The Morgan fingerprint density at radius 1 is 1.20 bits per heavy atom. The van der Waals surface area contributed by atoms with Crippen molar-refractivity contribution in [1.82, 2.24) is 10.6 Å². The second-order valence-corrected chi connectivity index (χ2v) is 8.21. The number of nitrogens with one attached hydrogen (secondary N) is 2. The predicted octanol–water partition coefficient (Wildman–Crippen LogP) is 3.92. The third kappa shape index (κ3) is 4.84. The molecule has 0 bridgehead atoms. The molecule has 25 heavy (non-hydrogen) atoms. The van der Waals surface area contributed by atoms with Gasteiger partial charge in [0.1, 0.15) is 0 Å². The standard InChI is InChI=1S/C19H24BrN3OS/c1-21-18(22-13-17-3-2-12-25-17)23-14-19(8-10-24-11-9-19)15-4-6-16(20)7-5-15/h2-7,12H,8-11,13-14H2,1H3,(H2,21,22,23). The SMILES string of the molecule is CN=C(NCc1cccs1)NCC1(c2ccc(Br)cc2)CCOCC1. The highest BCUT2D eigenvalue weighted by Gasteiger charge is 2.34. The number of thiophene rings is 1. The second-order valence-electron chi connectivity index (χ2n) is 6.26. The molecule has 0 amide bonds. The van der Waals surface area contributed by atoms with E-state index in [-0.39, 0.29) is 5.41 Å². The van der Waals surface area contributed by atoms with Crippen molar-refractivity contribution in [2.24, 2.45) is 4.99 Å². The first-order valence-corrected chi connectivity index (χ1v) is 10.2. The van der Waals surface area contributed by atoms with Crippen LogP contribution in [-0.4, -0.2) is 32.8 Å². The molecule has 0 aliphatic carbocycles. The van der Waals surface area contributed by atoms with Gasteiger partial charge in [0.25, 0.3) is 0 Å². The fourth-order valence-corrected chi connectivity index (χ4v) is 4.10.